The van der Waals surface area contributed by atoms with Crippen LogP contribution in [0.1, 0.15) is 22.9 Å². The number of aliphatic hydroxyl groups is 1. The van der Waals surface area contributed by atoms with Gasteiger partial charge in [-0.15, -0.1) is 11.3 Å². The van der Waals surface area contributed by atoms with Crippen LogP contribution in [0.15, 0.2) is 35.7 Å². The van der Waals surface area contributed by atoms with Crippen molar-refractivity contribution >= 4 is 17.2 Å². The Morgan fingerprint density at radius 3 is 2.82 bits per heavy atom. The third-order valence-electron chi connectivity index (χ3n) is 3.52. The Bertz CT molecular complexity index is 635. The number of thiophene rings is 1. The van der Waals surface area contributed by atoms with E-state index in [0.717, 1.165) is 21.8 Å². The summed E-state index contributed by atoms with van der Waals surface area (Å²) in [5, 5.41) is 15.1. The van der Waals surface area contributed by atoms with Crippen molar-refractivity contribution in [2.75, 3.05) is 13.7 Å². The summed E-state index contributed by atoms with van der Waals surface area (Å²) < 4.78 is 5.26. The molecule has 4 nitrogen and oxygen atoms in total. The van der Waals surface area contributed by atoms with Gasteiger partial charge in [0.25, 0.3) is 0 Å². The van der Waals surface area contributed by atoms with Crippen molar-refractivity contribution in [2.45, 2.75) is 25.9 Å². The molecule has 0 aliphatic carbocycles. The van der Waals surface area contributed by atoms with Crippen molar-refractivity contribution in [3.63, 3.8) is 0 Å². The zero-order valence-electron chi connectivity index (χ0n) is 13.1. The van der Waals surface area contributed by atoms with E-state index in [0.29, 0.717) is 0 Å². The Balaban J connectivity index is 1.93. The maximum atomic E-state index is 12.1. The predicted molar refractivity (Wildman–Crippen MR) is 88.3 cm³/mol. The molecule has 0 fully saturated rings. The molecule has 118 valence electrons. The molecular formula is C17H21NO3S. The minimum absolute atomic E-state index is 0.122. The van der Waals surface area contributed by atoms with E-state index in [9.17, 15) is 9.90 Å². The summed E-state index contributed by atoms with van der Waals surface area (Å²) in [4.78, 5) is 12.9. The molecule has 0 aliphatic heterocycles. The lowest BCUT2D eigenvalue weighted by Crippen LogP contribution is -2.38. The Kier molecular flexibility index (Phi) is 5.21. The molecule has 1 heterocycles. The zero-order valence-corrected chi connectivity index (χ0v) is 13.9. The maximum absolute atomic E-state index is 12.1. The third-order valence-corrected chi connectivity index (χ3v) is 4.64. The highest BCUT2D eigenvalue weighted by atomic mass is 32.1. The van der Waals surface area contributed by atoms with E-state index in [4.69, 9.17) is 4.74 Å². The average molecular weight is 319 g/mol. The molecule has 0 saturated heterocycles. The van der Waals surface area contributed by atoms with Crippen LogP contribution in [-0.4, -0.2) is 24.7 Å². The standard InChI is InChI=1S/C17H21NO3S/c1-12-6-7-13(9-14(12)21-3)10-16(19)18-11-17(2,20)15-5-4-8-22-15/h4-9,20H,10-11H2,1-3H3,(H,18,19). The van der Waals surface area contributed by atoms with Crippen molar-refractivity contribution < 1.29 is 14.6 Å². The van der Waals surface area contributed by atoms with Crippen LogP contribution < -0.4 is 10.1 Å². The summed E-state index contributed by atoms with van der Waals surface area (Å²) in [5.74, 6) is 0.651. The molecular weight excluding hydrogens is 298 g/mol. The van der Waals surface area contributed by atoms with Gasteiger partial charge in [0.05, 0.1) is 20.1 Å². The summed E-state index contributed by atoms with van der Waals surface area (Å²) in [6.07, 6.45) is 0.261. The molecule has 1 atom stereocenters. The van der Waals surface area contributed by atoms with Crippen LogP contribution >= 0.6 is 11.3 Å². The molecule has 2 N–H and O–H groups in total. The molecule has 2 rings (SSSR count). The van der Waals surface area contributed by atoms with Gasteiger partial charge in [0.1, 0.15) is 11.4 Å². The predicted octanol–water partition coefficient (Wildman–Crippen LogP) is 2.63. The SMILES string of the molecule is COc1cc(CC(=O)NCC(C)(O)c2cccs2)ccc1C. The first kappa shape index (κ1) is 16.5. The largest absolute Gasteiger partial charge is 0.496 e. The Morgan fingerprint density at radius 1 is 1.41 bits per heavy atom. The van der Waals surface area contributed by atoms with Gasteiger partial charge in [-0.2, -0.15) is 0 Å². The molecule has 0 bridgehead atoms. The minimum Gasteiger partial charge on any atom is -0.496 e. The van der Waals surface area contributed by atoms with Crippen LogP contribution in [-0.2, 0) is 16.8 Å². The second-order valence-electron chi connectivity index (χ2n) is 5.51. The summed E-state index contributed by atoms with van der Waals surface area (Å²) in [5.41, 5.74) is 0.873. The van der Waals surface area contributed by atoms with Crippen molar-refractivity contribution in [3.8, 4) is 5.75 Å². The average Bonchev–Trinajstić information content (AvgIpc) is 3.02. The first-order chi connectivity index (χ1) is 10.4. The molecule has 5 heteroatoms. The third kappa shape index (κ3) is 4.08. The van der Waals surface area contributed by atoms with Gasteiger partial charge in [0.2, 0.25) is 5.91 Å². The number of aryl methyl sites for hydroxylation is 1. The smallest absolute Gasteiger partial charge is 0.224 e. The lowest BCUT2D eigenvalue weighted by Gasteiger charge is -2.22. The van der Waals surface area contributed by atoms with Crippen LogP contribution in [0.5, 0.6) is 5.75 Å². The summed E-state index contributed by atoms with van der Waals surface area (Å²) in [6.45, 7) is 3.85. The van der Waals surface area contributed by atoms with E-state index < -0.39 is 5.60 Å². The number of methoxy groups -OCH3 is 1. The highest BCUT2D eigenvalue weighted by Gasteiger charge is 2.24. The van der Waals surface area contributed by atoms with Crippen molar-refractivity contribution in [1.82, 2.24) is 5.32 Å². The van der Waals surface area contributed by atoms with Crippen molar-refractivity contribution in [2.24, 2.45) is 0 Å². The number of hydrogen-bond donors (Lipinski definition) is 2. The van der Waals surface area contributed by atoms with E-state index in [1.807, 2.05) is 42.6 Å². The Hall–Kier alpha value is -1.85. The Labute approximate surface area is 134 Å². The number of rotatable bonds is 6. The van der Waals surface area contributed by atoms with E-state index in [-0.39, 0.29) is 18.9 Å². The van der Waals surface area contributed by atoms with Crippen LogP contribution in [0, 0.1) is 6.92 Å². The number of benzene rings is 1. The van der Waals surface area contributed by atoms with Crippen LogP contribution in [0.4, 0.5) is 0 Å². The van der Waals surface area contributed by atoms with Gasteiger partial charge >= 0.3 is 0 Å². The molecule has 1 amide bonds. The van der Waals surface area contributed by atoms with Crippen LogP contribution in [0.3, 0.4) is 0 Å². The molecule has 2 aromatic rings. The summed E-state index contributed by atoms with van der Waals surface area (Å²) in [7, 11) is 1.62. The molecule has 22 heavy (non-hydrogen) atoms. The number of hydrogen-bond acceptors (Lipinski definition) is 4. The van der Waals surface area contributed by atoms with E-state index in [1.54, 1.807) is 14.0 Å². The fourth-order valence-electron chi connectivity index (χ4n) is 2.17. The minimum atomic E-state index is -1.05. The van der Waals surface area contributed by atoms with E-state index in [1.165, 1.54) is 11.3 Å². The van der Waals surface area contributed by atoms with Gasteiger partial charge in [-0.05, 0) is 42.5 Å². The molecule has 0 aliphatic rings. The lowest BCUT2D eigenvalue weighted by atomic mass is 10.0. The molecule has 0 saturated carbocycles. The first-order valence-electron chi connectivity index (χ1n) is 7.09. The second-order valence-corrected chi connectivity index (χ2v) is 6.46. The monoisotopic (exact) mass is 319 g/mol. The number of amides is 1. The van der Waals surface area contributed by atoms with Gasteiger partial charge in [-0.25, -0.2) is 0 Å². The van der Waals surface area contributed by atoms with Crippen molar-refractivity contribution in [3.05, 3.63) is 51.7 Å². The van der Waals surface area contributed by atoms with Crippen LogP contribution in [0.2, 0.25) is 0 Å². The molecule has 1 aromatic heterocycles. The Morgan fingerprint density at radius 2 is 2.18 bits per heavy atom. The quantitative estimate of drug-likeness (QED) is 0.860. The normalized spacial score (nSPS) is 13.5. The number of carbonyl (C=O) groups excluding carboxylic acids is 1. The van der Waals surface area contributed by atoms with Crippen LogP contribution in [0.25, 0.3) is 0 Å². The molecule has 1 unspecified atom stereocenters. The van der Waals surface area contributed by atoms with E-state index >= 15 is 0 Å². The number of carbonyl (C=O) groups is 1. The first-order valence-corrected chi connectivity index (χ1v) is 7.97. The lowest BCUT2D eigenvalue weighted by molar-refractivity contribution is -0.121. The number of ether oxygens (including phenoxy) is 1. The number of nitrogens with one attached hydrogen (secondary N) is 1. The summed E-state index contributed by atoms with van der Waals surface area (Å²) in [6, 6.07) is 9.46. The molecule has 0 radical (unpaired) electrons. The van der Waals surface area contributed by atoms with Gasteiger partial charge < -0.3 is 15.2 Å². The highest BCUT2D eigenvalue weighted by Crippen LogP contribution is 2.24. The van der Waals surface area contributed by atoms with Crippen molar-refractivity contribution in [1.29, 1.82) is 0 Å². The fraction of sp³-hybridized carbons (Fsp3) is 0.353. The summed E-state index contributed by atoms with van der Waals surface area (Å²) >= 11 is 1.47. The van der Waals surface area contributed by atoms with Gasteiger partial charge in [0.15, 0.2) is 0 Å². The maximum Gasteiger partial charge on any atom is 0.224 e. The topological polar surface area (TPSA) is 58.6 Å². The van der Waals surface area contributed by atoms with Gasteiger partial charge in [-0.1, -0.05) is 18.2 Å². The fourth-order valence-corrected chi connectivity index (χ4v) is 2.95. The van der Waals surface area contributed by atoms with Gasteiger partial charge in [0, 0.05) is 4.88 Å². The second kappa shape index (κ2) is 6.94. The zero-order chi connectivity index (χ0) is 16.2. The molecule has 1 aromatic carbocycles. The van der Waals surface area contributed by atoms with E-state index in [2.05, 4.69) is 5.32 Å². The highest BCUT2D eigenvalue weighted by molar-refractivity contribution is 7.10. The van der Waals surface area contributed by atoms with Gasteiger partial charge in [-0.3, -0.25) is 4.79 Å². The molecule has 0 spiro atoms.